The standard InChI is InChI=1S/C15H22N2O2/c1-2-10-3-6-12(7-4-10)17-14-9-11(15(18)19)5-8-13(14)16/h5,8-10,12,17H,2-4,6-7,16H2,1H3,(H,18,19). The summed E-state index contributed by atoms with van der Waals surface area (Å²) in [7, 11) is 0. The first-order valence-corrected chi connectivity index (χ1v) is 6.99. The second kappa shape index (κ2) is 5.95. The van der Waals surface area contributed by atoms with Gasteiger partial charge in [-0.3, -0.25) is 0 Å². The van der Waals surface area contributed by atoms with Gasteiger partial charge in [-0.15, -0.1) is 0 Å². The maximum absolute atomic E-state index is 11.0. The van der Waals surface area contributed by atoms with E-state index in [1.54, 1.807) is 12.1 Å². The zero-order chi connectivity index (χ0) is 13.8. The van der Waals surface area contributed by atoms with Gasteiger partial charge in [0.1, 0.15) is 0 Å². The molecule has 1 aliphatic carbocycles. The normalized spacial score (nSPS) is 23.0. The fraction of sp³-hybridized carbons (Fsp3) is 0.533. The Kier molecular flexibility index (Phi) is 4.30. The molecule has 4 nitrogen and oxygen atoms in total. The van der Waals surface area contributed by atoms with Gasteiger partial charge in [0, 0.05) is 6.04 Å². The van der Waals surface area contributed by atoms with Gasteiger partial charge in [0.2, 0.25) is 0 Å². The number of carboxylic acids is 1. The molecule has 4 N–H and O–H groups in total. The summed E-state index contributed by atoms with van der Waals surface area (Å²) >= 11 is 0. The number of hydrogen-bond donors (Lipinski definition) is 3. The molecule has 0 unspecified atom stereocenters. The number of nitrogens with one attached hydrogen (secondary N) is 1. The highest BCUT2D eigenvalue weighted by atomic mass is 16.4. The van der Waals surface area contributed by atoms with E-state index in [9.17, 15) is 4.79 Å². The zero-order valence-corrected chi connectivity index (χ0v) is 11.4. The Balaban J connectivity index is 2.03. The van der Waals surface area contributed by atoms with Crippen LogP contribution in [0.1, 0.15) is 49.4 Å². The summed E-state index contributed by atoms with van der Waals surface area (Å²) < 4.78 is 0. The predicted octanol–water partition coefficient (Wildman–Crippen LogP) is 3.35. The second-order valence-electron chi connectivity index (χ2n) is 5.38. The van der Waals surface area contributed by atoms with Crippen LogP contribution < -0.4 is 11.1 Å². The summed E-state index contributed by atoms with van der Waals surface area (Å²) in [4.78, 5) is 11.0. The van der Waals surface area contributed by atoms with Gasteiger partial charge < -0.3 is 16.2 Å². The van der Waals surface area contributed by atoms with Crippen molar-refractivity contribution < 1.29 is 9.90 Å². The Morgan fingerprint density at radius 3 is 2.63 bits per heavy atom. The van der Waals surface area contributed by atoms with Crippen LogP contribution in [0.5, 0.6) is 0 Å². The summed E-state index contributed by atoms with van der Waals surface area (Å²) in [6.45, 7) is 2.24. The molecule has 19 heavy (non-hydrogen) atoms. The van der Waals surface area contributed by atoms with E-state index in [0.717, 1.165) is 24.4 Å². The van der Waals surface area contributed by atoms with Gasteiger partial charge >= 0.3 is 5.97 Å². The molecule has 0 aliphatic heterocycles. The van der Waals surface area contributed by atoms with Crippen molar-refractivity contribution in [1.82, 2.24) is 0 Å². The molecule has 4 heteroatoms. The first-order valence-electron chi connectivity index (χ1n) is 6.99. The summed E-state index contributed by atoms with van der Waals surface area (Å²) in [6, 6.07) is 5.23. The fourth-order valence-corrected chi connectivity index (χ4v) is 2.75. The molecule has 1 fully saturated rings. The molecule has 0 bridgehead atoms. The van der Waals surface area contributed by atoms with Crippen molar-refractivity contribution in [3.8, 4) is 0 Å². The van der Waals surface area contributed by atoms with Gasteiger partial charge in [0.15, 0.2) is 0 Å². The van der Waals surface area contributed by atoms with Crippen molar-refractivity contribution in [3.63, 3.8) is 0 Å². The minimum Gasteiger partial charge on any atom is -0.478 e. The van der Waals surface area contributed by atoms with E-state index in [4.69, 9.17) is 10.8 Å². The van der Waals surface area contributed by atoms with E-state index in [1.807, 2.05) is 0 Å². The quantitative estimate of drug-likeness (QED) is 0.727. The third-order valence-electron chi connectivity index (χ3n) is 4.08. The molecule has 0 spiro atoms. The molecule has 104 valence electrons. The number of hydrogen-bond acceptors (Lipinski definition) is 3. The second-order valence-corrected chi connectivity index (χ2v) is 5.38. The lowest BCUT2D eigenvalue weighted by Gasteiger charge is -2.29. The number of carbonyl (C=O) groups is 1. The van der Waals surface area contributed by atoms with Crippen molar-refractivity contribution in [2.24, 2.45) is 5.92 Å². The molecule has 1 aliphatic rings. The predicted molar refractivity (Wildman–Crippen MR) is 77.5 cm³/mol. The number of nitrogens with two attached hydrogens (primary N) is 1. The highest BCUT2D eigenvalue weighted by Crippen LogP contribution is 2.30. The molecular formula is C15H22N2O2. The number of anilines is 2. The van der Waals surface area contributed by atoms with E-state index in [1.165, 1.54) is 25.3 Å². The Labute approximate surface area is 114 Å². The maximum Gasteiger partial charge on any atom is 0.335 e. The highest BCUT2D eigenvalue weighted by Gasteiger charge is 2.20. The smallest absolute Gasteiger partial charge is 0.335 e. The van der Waals surface area contributed by atoms with E-state index in [0.29, 0.717) is 11.7 Å². The van der Waals surface area contributed by atoms with Crippen LogP contribution in [-0.4, -0.2) is 17.1 Å². The molecule has 1 aromatic rings. The molecule has 0 aromatic heterocycles. The van der Waals surface area contributed by atoms with E-state index >= 15 is 0 Å². The van der Waals surface area contributed by atoms with Crippen LogP contribution in [0.25, 0.3) is 0 Å². The van der Waals surface area contributed by atoms with Gasteiger partial charge in [-0.1, -0.05) is 13.3 Å². The van der Waals surface area contributed by atoms with E-state index < -0.39 is 5.97 Å². The number of nitrogen functional groups attached to an aromatic ring is 1. The third kappa shape index (κ3) is 3.40. The third-order valence-corrected chi connectivity index (χ3v) is 4.08. The molecule has 0 atom stereocenters. The zero-order valence-electron chi connectivity index (χ0n) is 11.4. The molecule has 0 amide bonds. The molecule has 0 radical (unpaired) electrons. The number of rotatable bonds is 4. The largest absolute Gasteiger partial charge is 0.478 e. The Hall–Kier alpha value is -1.71. The van der Waals surface area contributed by atoms with Crippen LogP contribution in [0, 0.1) is 5.92 Å². The van der Waals surface area contributed by atoms with Crippen LogP contribution in [0.2, 0.25) is 0 Å². The first kappa shape index (κ1) is 13.7. The van der Waals surface area contributed by atoms with Crippen LogP contribution in [-0.2, 0) is 0 Å². The molecule has 1 saturated carbocycles. The topological polar surface area (TPSA) is 75.3 Å². The van der Waals surface area contributed by atoms with E-state index in [-0.39, 0.29) is 5.56 Å². The van der Waals surface area contributed by atoms with Gasteiger partial charge in [-0.05, 0) is 49.8 Å². The molecule has 2 rings (SSSR count). The average molecular weight is 262 g/mol. The van der Waals surface area contributed by atoms with Crippen LogP contribution in [0.4, 0.5) is 11.4 Å². The van der Waals surface area contributed by atoms with Gasteiger partial charge in [-0.25, -0.2) is 4.79 Å². The molecular weight excluding hydrogens is 240 g/mol. The summed E-state index contributed by atoms with van der Waals surface area (Å²) in [6.07, 6.45) is 6.01. The average Bonchev–Trinajstić information content (AvgIpc) is 2.42. The number of carboxylic acid groups (broad SMARTS) is 1. The molecule has 0 heterocycles. The minimum absolute atomic E-state index is 0.277. The van der Waals surface area contributed by atoms with Crippen LogP contribution in [0.3, 0.4) is 0 Å². The number of benzene rings is 1. The molecule has 0 saturated heterocycles. The molecule has 1 aromatic carbocycles. The lowest BCUT2D eigenvalue weighted by Crippen LogP contribution is -2.26. The minimum atomic E-state index is -0.919. The first-order chi connectivity index (χ1) is 9.10. The van der Waals surface area contributed by atoms with Gasteiger partial charge in [0.25, 0.3) is 0 Å². The van der Waals surface area contributed by atoms with E-state index in [2.05, 4.69) is 12.2 Å². The summed E-state index contributed by atoms with van der Waals surface area (Å²) in [5.74, 6) is -0.0708. The van der Waals surface area contributed by atoms with Gasteiger partial charge in [-0.2, -0.15) is 0 Å². The maximum atomic E-state index is 11.0. The Morgan fingerprint density at radius 2 is 2.05 bits per heavy atom. The Morgan fingerprint density at radius 1 is 1.37 bits per heavy atom. The lowest BCUT2D eigenvalue weighted by atomic mass is 9.84. The lowest BCUT2D eigenvalue weighted by molar-refractivity contribution is 0.0697. The number of aromatic carboxylic acids is 1. The van der Waals surface area contributed by atoms with Crippen molar-refractivity contribution in [2.75, 3.05) is 11.1 Å². The Bertz CT molecular complexity index is 451. The fourth-order valence-electron chi connectivity index (χ4n) is 2.75. The van der Waals surface area contributed by atoms with Crippen molar-refractivity contribution >= 4 is 17.3 Å². The van der Waals surface area contributed by atoms with Crippen LogP contribution in [0.15, 0.2) is 18.2 Å². The highest BCUT2D eigenvalue weighted by molar-refractivity contribution is 5.90. The summed E-state index contributed by atoms with van der Waals surface area (Å²) in [5.41, 5.74) is 7.54. The SMILES string of the molecule is CCC1CCC(Nc2cc(C(=O)O)ccc2N)CC1. The van der Waals surface area contributed by atoms with Crippen molar-refractivity contribution in [1.29, 1.82) is 0 Å². The van der Waals surface area contributed by atoms with Crippen molar-refractivity contribution in [2.45, 2.75) is 45.1 Å². The van der Waals surface area contributed by atoms with Crippen LogP contribution >= 0.6 is 0 Å². The van der Waals surface area contributed by atoms with Crippen molar-refractivity contribution in [3.05, 3.63) is 23.8 Å². The monoisotopic (exact) mass is 262 g/mol. The van der Waals surface area contributed by atoms with Gasteiger partial charge in [0.05, 0.1) is 16.9 Å². The summed E-state index contributed by atoms with van der Waals surface area (Å²) in [5, 5.41) is 12.4.